The lowest BCUT2D eigenvalue weighted by Gasteiger charge is -2.14. The molecule has 0 aromatic heterocycles. The molecule has 2 rings (SSSR count). The zero-order valence-corrected chi connectivity index (χ0v) is 11.9. The highest BCUT2D eigenvalue weighted by atomic mass is 19.4. The number of aliphatic hydroxyl groups is 1. The van der Waals surface area contributed by atoms with Gasteiger partial charge in [0.05, 0.1) is 12.2 Å². The number of halogens is 3. The second-order valence-electron chi connectivity index (χ2n) is 5.31. The Bertz CT molecular complexity index is 630. The summed E-state index contributed by atoms with van der Waals surface area (Å²) in [5.41, 5.74) is 1.95. The molecule has 0 spiro atoms. The third kappa shape index (κ3) is 3.45. The molecule has 1 nitrogen and oxygen atoms in total. The molecular formula is C17H17F3O. The summed E-state index contributed by atoms with van der Waals surface area (Å²) in [7, 11) is 0. The van der Waals surface area contributed by atoms with Crippen molar-refractivity contribution in [3.05, 3.63) is 59.2 Å². The lowest BCUT2D eigenvalue weighted by Crippen LogP contribution is -2.06. The van der Waals surface area contributed by atoms with Crippen molar-refractivity contribution in [1.29, 1.82) is 0 Å². The number of alkyl halides is 3. The van der Waals surface area contributed by atoms with E-state index in [4.69, 9.17) is 0 Å². The first-order valence-electron chi connectivity index (χ1n) is 6.74. The van der Waals surface area contributed by atoms with E-state index in [1.54, 1.807) is 6.07 Å². The van der Waals surface area contributed by atoms with E-state index >= 15 is 0 Å². The van der Waals surface area contributed by atoms with Crippen LogP contribution in [0.4, 0.5) is 13.2 Å². The van der Waals surface area contributed by atoms with Crippen molar-refractivity contribution in [1.82, 2.24) is 0 Å². The number of benzene rings is 2. The van der Waals surface area contributed by atoms with Crippen LogP contribution in [-0.4, -0.2) is 5.11 Å². The van der Waals surface area contributed by atoms with Crippen molar-refractivity contribution in [3.8, 4) is 11.1 Å². The van der Waals surface area contributed by atoms with Gasteiger partial charge in [0.2, 0.25) is 0 Å². The van der Waals surface area contributed by atoms with Gasteiger partial charge in [0, 0.05) is 0 Å². The maximum atomic E-state index is 12.9. The minimum atomic E-state index is -4.39. The van der Waals surface area contributed by atoms with Crippen molar-refractivity contribution < 1.29 is 18.3 Å². The summed E-state index contributed by atoms with van der Waals surface area (Å²) in [6.45, 7) is 3.76. The third-order valence-corrected chi connectivity index (χ3v) is 3.47. The van der Waals surface area contributed by atoms with Crippen LogP contribution < -0.4 is 0 Å². The van der Waals surface area contributed by atoms with E-state index < -0.39 is 11.7 Å². The molecule has 21 heavy (non-hydrogen) atoms. The van der Waals surface area contributed by atoms with Crippen molar-refractivity contribution in [2.75, 3.05) is 0 Å². The number of aliphatic hydroxyl groups excluding tert-OH is 1. The summed E-state index contributed by atoms with van der Waals surface area (Å²) in [5.74, 6) is 0.285. The minimum Gasteiger partial charge on any atom is -0.392 e. The first-order valence-corrected chi connectivity index (χ1v) is 6.74. The molecule has 0 aliphatic rings. The maximum absolute atomic E-state index is 12.9. The average molecular weight is 294 g/mol. The van der Waals surface area contributed by atoms with Crippen LogP contribution in [-0.2, 0) is 12.8 Å². The highest BCUT2D eigenvalue weighted by molar-refractivity contribution is 5.69. The summed E-state index contributed by atoms with van der Waals surface area (Å²) in [4.78, 5) is 0. The topological polar surface area (TPSA) is 20.2 Å². The SMILES string of the molecule is CC(C)c1cccc(-c2cc(C(F)(F)F)ccc2CO)c1. The lowest BCUT2D eigenvalue weighted by atomic mass is 9.93. The van der Waals surface area contributed by atoms with E-state index in [0.717, 1.165) is 17.7 Å². The fourth-order valence-electron chi connectivity index (χ4n) is 2.22. The molecule has 0 heterocycles. The molecule has 0 aliphatic heterocycles. The summed E-state index contributed by atoms with van der Waals surface area (Å²) < 4.78 is 38.6. The van der Waals surface area contributed by atoms with E-state index in [9.17, 15) is 18.3 Å². The van der Waals surface area contributed by atoms with Crippen LogP contribution in [0.5, 0.6) is 0 Å². The second kappa shape index (κ2) is 5.90. The summed E-state index contributed by atoms with van der Waals surface area (Å²) in [5, 5.41) is 9.37. The Balaban J connectivity index is 2.58. The first-order chi connectivity index (χ1) is 9.82. The molecule has 112 valence electrons. The fraction of sp³-hybridized carbons (Fsp3) is 0.294. The van der Waals surface area contributed by atoms with Gasteiger partial charge in [0.1, 0.15) is 0 Å². The van der Waals surface area contributed by atoms with Gasteiger partial charge in [0.15, 0.2) is 0 Å². The molecule has 0 aliphatic carbocycles. The van der Waals surface area contributed by atoms with Crippen molar-refractivity contribution in [2.24, 2.45) is 0 Å². The van der Waals surface area contributed by atoms with Crippen LogP contribution in [0.25, 0.3) is 11.1 Å². The molecule has 0 radical (unpaired) electrons. The van der Waals surface area contributed by atoms with Gasteiger partial charge in [-0.05, 0) is 40.3 Å². The van der Waals surface area contributed by atoms with E-state index in [1.807, 2.05) is 32.0 Å². The largest absolute Gasteiger partial charge is 0.416 e. The Labute approximate surface area is 122 Å². The zero-order valence-electron chi connectivity index (χ0n) is 11.9. The van der Waals surface area contributed by atoms with E-state index in [0.29, 0.717) is 16.7 Å². The Kier molecular flexibility index (Phi) is 4.37. The maximum Gasteiger partial charge on any atom is 0.416 e. The molecule has 0 amide bonds. The van der Waals surface area contributed by atoms with Gasteiger partial charge in [-0.3, -0.25) is 0 Å². The molecular weight excluding hydrogens is 277 g/mol. The van der Waals surface area contributed by atoms with E-state index in [1.165, 1.54) is 6.07 Å². The number of hydrogen-bond donors (Lipinski definition) is 1. The molecule has 0 bridgehead atoms. The smallest absolute Gasteiger partial charge is 0.392 e. The normalized spacial score (nSPS) is 12.0. The van der Waals surface area contributed by atoms with Gasteiger partial charge in [-0.1, -0.05) is 44.2 Å². The van der Waals surface area contributed by atoms with E-state index in [2.05, 4.69) is 0 Å². The second-order valence-corrected chi connectivity index (χ2v) is 5.31. The van der Waals surface area contributed by atoms with Gasteiger partial charge < -0.3 is 5.11 Å². The molecule has 2 aromatic rings. The van der Waals surface area contributed by atoms with Crippen LogP contribution in [0.1, 0.15) is 36.5 Å². The Morgan fingerprint density at radius 1 is 1.05 bits per heavy atom. The summed E-state index contributed by atoms with van der Waals surface area (Å²) >= 11 is 0. The standard InChI is InChI=1S/C17H17F3O/c1-11(2)12-4-3-5-13(8-12)16-9-15(17(18,19)20)7-6-14(16)10-21/h3-9,11,21H,10H2,1-2H3. The van der Waals surface area contributed by atoms with Crippen LogP contribution >= 0.6 is 0 Å². The van der Waals surface area contributed by atoms with Gasteiger partial charge in [-0.15, -0.1) is 0 Å². The Morgan fingerprint density at radius 2 is 1.76 bits per heavy atom. The number of hydrogen-bond acceptors (Lipinski definition) is 1. The van der Waals surface area contributed by atoms with Crippen molar-refractivity contribution in [3.63, 3.8) is 0 Å². The zero-order chi connectivity index (χ0) is 15.6. The predicted molar refractivity (Wildman–Crippen MR) is 76.9 cm³/mol. The molecule has 0 saturated carbocycles. The Hall–Kier alpha value is -1.81. The van der Waals surface area contributed by atoms with Gasteiger partial charge in [-0.25, -0.2) is 0 Å². The molecule has 1 N–H and O–H groups in total. The molecule has 0 fully saturated rings. The van der Waals surface area contributed by atoms with Crippen LogP contribution in [0.3, 0.4) is 0 Å². The quantitative estimate of drug-likeness (QED) is 0.845. The van der Waals surface area contributed by atoms with E-state index in [-0.39, 0.29) is 12.5 Å². The molecule has 0 atom stereocenters. The third-order valence-electron chi connectivity index (χ3n) is 3.47. The molecule has 4 heteroatoms. The Morgan fingerprint density at radius 3 is 2.33 bits per heavy atom. The minimum absolute atomic E-state index is 0.285. The molecule has 0 saturated heterocycles. The average Bonchev–Trinajstić information content (AvgIpc) is 2.45. The van der Waals surface area contributed by atoms with Gasteiger partial charge in [-0.2, -0.15) is 13.2 Å². The van der Waals surface area contributed by atoms with Crippen LogP contribution in [0.2, 0.25) is 0 Å². The highest BCUT2D eigenvalue weighted by Crippen LogP contribution is 2.34. The molecule has 0 unspecified atom stereocenters. The predicted octanol–water partition coefficient (Wildman–Crippen LogP) is 4.99. The molecule has 2 aromatic carbocycles. The van der Waals surface area contributed by atoms with Gasteiger partial charge >= 0.3 is 6.18 Å². The monoisotopic (exact) mass is 294 g/mol. The van der Waals surface area contributed by atoms with Crippen molar-refractivity contribution in [2.45, 2.75) is 32.5 Å². The highest BCUT2D eigenvalue weighted by Gasteiger charge is 2.31. The van der Waals surface area contributed by atoms with Crippen LogP contribution in [0.15, 0.2) is 42.5 Å². The summed E-state index contributed by atoms with van der Waals surface area (Å²) in [6, 6.07) is 10.8. The lowest BCUT2D eigenvalue weighted by molar-refractivity contribution is -0.137. The van der Waals surface area contributed by atoms with Gasteiger partial charge in [0.25, 0.3) is 0 Å². The van der Waals surface area contributed by atoms with Crippen molar-refractivity contribution >= 4 is 0 Å². The van der Waals surface area contributed by atoms with Crippen LogP contribution in [0, 0.1) is 0 Å². The number of rotatable bonds is 3. The fourth-order valence-corrected chi connectivity index (χ4v) is 2.22. The summed E-state index contributed by atoms with van der Waals surface area (Å²) in [6.07, 6.45) is -4.39. The first kappa shape index (κ1) is 15.6.